The number of rotatable bonds is 4. The monoisotopic (exact) mass is 198 g/mol. The van der Waals surface area contributed by atoms with Crippen LogP contribution in [0, 0.1) is 11.3 Å². The Labute approximate surface area is 86.6 Å². The van der Waals surface area contributed by atoms with Crippen molar-refractivity contribution in [2.75, 3.05) is 39.4 Å². The Morgan fingerprint density at radius 1 is 1.50 bits per heavy atom. The molecule has 2 rings (SSSR count). The van der Waals surface area contributed by atoms with Crippen LogP contribution in [0.5, 0.6) is 0 Å². The van der Waals surface area contributed by atoms with Gasteiger partial charge >= 0.3 is 0 Å². The van der Waals surface area contributed by atoms with Crippen molar-refractivity contribution in [1.29, 1.82) is 0 Å². The summed E-state index contributed by atoms with van der Waals surface area (Å²) in [6.45, 7) is 8.81. The minimum Gasteiger partial charge on any atom is -0.380 e. The number of likely N-dealkylation sites (tertiary alicyclic amines) is 1. The predicted octanol–water partition coefficient (Wildman–Crippen LogP) is 0.694. The first-order chi connectivity index (χ1) is 6.72. The van der Waals surface area contributed by atoms with Gasteiger partial charge in [0.1, 0.15) is 0 Å². The normalized spacial score (nSPS) is 31.7. The summed E-state index contributed by atoms with van der Waals surface area (Å²) in [5.74, 6) is 0.851. The van der Waals surface area contributed by atoms with Crippen molar-refractivity contribution in [3.63, 3.8) is 0 Å². The topological polar surface area (TPSA) is 38.5 Å². The van der Waals surface area contributed by atoms with Gasteiger partial charge in [-0.2, -0.15) is 0 Å². The lowest BCUT2D eigenvalue weighted by atomic mass is 9.88. The first-order valence-electron chi connectivity index (χ1n) is 5.72. The van der Waals surface area contributed by atoms with E-state index < -0.39 is 0 Å². The van der Waals surface area contributed by atoms with Crippen LogP contribution >= 0.6 is 0 Å². The highest BCUT2D eigenvalue weighted by atomic mass is 16.5. The second-order valence-electron chi connectivity index (χ2n) is 5.27. The van der Waals surface area contributed by atoms with Crippen molar-refractivity contribution in [3.8, 4) is 0 Å². The van der Waals surface area contributed by atoms with E-state index in [1.54, 1.807) is 0 Å². The first-order valence-corrected chi connectivity index (χ1v) is 5.72. The average Bonchev–Trinajstić information content (AvgIpc) is 2.51. The van der Waals surface area contributed by atoms with Gasteiger partial charge in [-0.05, 0) is 31.8 Å². The maximum Gasteiger partial charge on any atom is 0.0554 e. The Morgan fingerprint density at radius 3 is 2.86 bits per heavy atom. The molecule has 2 aliphatic heterocycles. The van der Waals surface area contributed by atoms with Crippen molar-refractivity contribution in [2.24, 2.45) is 17.1 Å². The lowest BCUT2D eigenvalue weighted by Crippen LogP contribution is -2.48. The molecule has 2 fully saturated rings. The molecule has 0 spiro atoms. The zero-order valence-electron chi connectivity index (χ0n) is 9.17. The quantitative estimate of drug-likeness (QED) is 0.722. The van der Waals surface area contributed by atoms with E-state index in [0.29, 0.717) is 5.41 Å². The molecule has 1 unspecified atom stereocenters. The summed E-state index contributed by atoms with van der Waals surface area (Å²) in [6.07, 6.45) is 2.54. The van der Waals surface area contributed by atoms with E-state index in [4.69, 9.17) is 10.5 Å². The number of ether oxygens (including phenoxy) is 1. The fourth-order valence-electron chi connectivity index (χ4n) is 2.61. The molecular weight excluding hydrogens is 176 g/mol. The summed E-state index contributed by atoms with van der Waals surface area (Å²) < 4.78 is 5.28. The van der Waals surface area contributed by atoms with Crippen LogP contribution in [0.2, 0.25) is 0 Å². The maximum absolute atomic E-state index is 5.58. The van der Waals surface area contributed by atoms with Crippen molar-refractivity contribution < 1.29 is 4.74 Å². The maximum atomic E-state index is 5.58. The molecule has 0 radical (unpaired) electrons. The molecule has 0 aromatic rings. The summed E-state index contributed by atoms with van der Waals surface area (Å²) in [5, 5.41) is 0. The highest BCUT2D eigenvalue weighted by Crippen LogP contribution is 2.30. The molecular formula is C11H22N2O. The SMILES string of the molecule is CC1(CN2CCC(CCN)C2)COC1. The Bertz CT molecular complexity index is 192. The summed E-state index contributed by atoms with van der Waals surface area (Å²) in [7, 11) is 0. The van der Waals surface area contributed by atoms with E-state index in [9.17, 15) is 0 Å². The van der Waals surface area contributed by atoms with Gasteiger partial charge in [0.25, 0.3) is 0 Å². The van der Waals surface area contributed by atoms with Gasteiger partial charge in [-0.3, -0.25) is 0 Å². The number of hydrogen-bond acceptors (Lipinski definition) is 3. The van der Waals surface area contributed by atoms with E-state index in [1.165, 1.54) is 32.5 Å². The Hall–Kier alpha value is -0.120. The molecule has 0 bridgehead atoms. The lowest BCUT2D eigenvalue weighted by Gasteiger charge is -2.40. The van der Waals surface area contributed by atoms with Crippen molar-refractivity contribution in [1.82, 2.24) is 4.90 Å². The average molecular weight is 198 g/mol. The minimum absolute atomic E-state index is 0.442. The van der Waals surface area contributed by atoms with Crippen LogP contribution < -0.4 is 5.73 Å². The van der Waals surface area contributed by atoms with E-state index >= 15 is 0 Å². The van der Waals surface area contributed by atoms with Crippen LogP contribution in [-0.4, -0.2) is 44.3 Å². The summed E-state index contributed by atoms with van der Waals surface area (Å²) in [4.78, 5) is 2.59. The second-order valence-corrected chi connectivity index (χ2v) is 5.27. The van der Waals surface area contributed by atoms with Crippen molar-refractivity contribution in [3.05, 3.63) is 0 Å². The van der Waals surface area contributed by atoms with Gasteiger partial charge < -0.3 is 15.4 Å². The van der Waals surface area contributed by atoms with E-state index in [1.807, 2.05) is 0 Å². The first kappa shape index (κ1) is 10.4. The van der Waals surface area contributed by atoms with Crippen LogP contribution in [0.15, 0.2) is 0 Å². The van der Waals surface area contributed by atoms with Crippen molar-refractivity contribution >= 4 is 0 Å². The molecule has 3 heteroatoms. The second kappa shape index (κ2) is 4.17. The molecule has 2 saturated heterocycles. The van der Waals surface area contributed by atoms with E-state index in [-0.39, 0.29) is 0 Å². The fraction of sp³-hybridized carbons (Fsp3) is 1.00. The summed E-state index contributed by atoms with van der Waals surface area (Å²) in [5.41, 5.74) is 6.02. The van der Waals surface area contributed by atoms with Crippen LogP contribution in [0.3, 0.4) is 0 Å². The van der Waals surface area contributed by atoms with Gasteiger partial charge in [0.2, 0.25) is 0 Å². The number of nitrogens with two attached hydrogens (primary N) is 1. The van der Waals surface area contributed by atoms with E-state index in [0.717, 1.165) is 25.7 Å². The van der Waals surface area contributed by atoms with Gasteiger partial charge in [0, 0.05) is 18.5 Å². The smallest absolute Gasteiger partial charge is 0.0554 e. The Morgan fingerprint density at radius 2 is 2.29 bits per heavy atom. The van der Waals surface area contributed by atoms with Crippen LogP contribution in [-0.2, 0) is 4.74 Å². The van der Waals surface area contributed by atoms with Crippen molar-refractivity contribution in [2.45, 2.75) is 19.8 Å². The third-order valence-corrected chi connectivity index (χ3v) is 3.45. The number of nitrogens with zero attached hydrogens (tertiary/aromatic N) is 1. The molecule has 2 heterocycles. The van der Waals surface area contributed by atoms with Gasteiger partial charge in [-0.25, -0.2) is 0 Å². The molecule has 0 amide bonds. The summed E-state index contributed by atoms with van der Waals surface area (Å²) in [6, 6.07) is 0. The Balaban J connectivity index is 1.73. The zero-order chi connectivity index (χ0) is 10.0. The Kier molecular flexibility index (Phi) is 3.10. The van der Waals surface area contributed by atoms with Crippen LogP contribution in [0.1, 0.15) is 19.8 Å². The molecule has 2 aliphatic rings. The molecule has 2 N–H and O–H groups in total. The van der Waals surface area contributed by atoms with E-state index in [2.05, 4.69) is 11.8 Å². The standard InChI is InChI=1S/C11H22N2O/c1-11(8-14-9-11)7-13-5-3-10(6-13)2-4-12/h10H,2-9,12H2,1H3. The van der Waals surface area contributed by atoms with Gasteiger partial charge in [0.15, 0.2) is 0 Å². The van der Waals surface area contributed by atoms with Gasteiger partial charge in [-0.15, -0.1) is 0 Å². The molecule has 3 nitrogen and oxygen atoms in total. The molecule has 0 aliphatic carbocycles. The molecule has 14 heavy (non-hydrogen) atoms. The minimum atomic E-state index is 0.442. The number of hydrogen-bond donors (Lipinski definition) is 1. The largest absolute Gasteiger partial charge is 0.380 e. The molecule has 82 valence electrons. The van der Waals surface area contributed by atoms with Gasteiger partial charge in [-0.1, -0.05) is 6.92 Å². The molecule has 0 saturated carbocycles. The predicted molar refractivity (Wildman–Crippen MR) is 57.1 cm³/mol. The molecule has 1 atom stereocenters. The van der Waals surface area contributed by atoms with Crippen LogP contribution in [0.4, 0.5) is 0 Å². The highest BCUT2D eigenvalue weighted by molar-refractivity contribution is 4.87. The molecule has 0 aromatic heterocycles. The zero-order valence-corrected chi connectivity index (χ0v) is 9.17. The third kappa shape index (κ3) is 2.27. The highest BCUT2D eigenvalue weighted by Gasteiger charge is 2.36. The van der Waals surface area contributed by atoms with Crippen LogP contribution in [0.25, 0.3) is 0 Å². The molecule has 0 aromatic carbocycles. The third-order valence-electron chi connectivity index (χ3n) is 3.45. The fourth-order valence-corrected chi connectivity index (χ4v) is 2.61. The lowest BCUT2D eigenvalue weighted by molar-refractivity contribution is -0.113. The summed E-state index contributed by atoms with van der Waals surface area (Å²) >= 11 is 0. The van der Waals surface area contributed by atoms with Gasteiger partial charge in [0.05, 0.1) is 13.2 Å².